The van der Waals surface area contributed by atoms with E-state index in [2.05, 4.69) is 5.32 Å². The van der Waals surface area contributed by atoms with Crippen molar-refractivity contribution >= 4 is 37.0 Å². The highest BCUT2D eigenvalue weighted by Gasteiger charge is 2.16. The number of hydrogen-bond acceptors (Lipinski definition) is 5. The lowest BCUT2D eigenvalue weighted by Crippen LogP contribution is -2.30. The molecule has 0 aliphatic carbocycles. The second-order valence-corrected chi connectivity index (χ2v) is 8.92. The van der Waals surface area contributed by atoms with E-state index in [-0.39, 0.29) is 22.6 Å². The van der Waals surface area contributed by atoms with Crippen LogP contribution in [0.25, 0.3) is 0 Å². The molecule has 0 radical (unpaired) electrons. The lowest BCUT2D eigenvalue weighted by atomic mass is 10.1. The van der Waals surface area contributed by atoms with Gasteiger partial charge in [-0.05, 0) is 37.8 Å². The Morgan fingerprint density at radius 3 is 2.86 bits per heavy atom. The van der Waals surface area contributed by atoms with Crippen molar-refractivity contribution in [2.24, 2.45) is 0 Å². The maximum atomic E-state index is 11.8. The number of ether oxygens (including phenoxy) is 1. The van der Waals surface area contributed by atoms with E-state index in [1.54, 1.807) is 6.07 Å². The van der Waals surface area contributed by atoms with Gasteiger partial charge in [-0.2, -0.15) is 0 Å². The Hall–Kier alpha value is -0.630. The molecule has 1 aromatic heterocycles. The molecule has 1 aliphatic heterocycles. The minimum Gasteiger partial charge on any atom is -0.378 e. The first-order chi connectivity index (χ1) is 9.95. The molecule has 118 valence electrons. The van der Waals surface area contributed by atoms with E-state index in [9.17, 15) is 13.2 Å². The highest BCUT2D eigenvalue weighted by molar-refractivity contribution is 8.15. The first kappa shape index (κ1) is 16.7. The summed E-state index contributed by atoms with van der Waals surface area (Å²) >= 11 is 1.02. The summed E-state index contributed by atoms with van der Waals surface area (Å²) in [6.45, 7) is 1.39. The lowest BCUT2D eigenvalue weighted by Gasteiger charge is -2.22. The Balaban J connectivity index is 1.73. The largest absolute Gasteiger partial charge is 0.378 e. The van der Waals surface area contributed by atoms with Crippen molar-refractivity contribution in [1.29, 1.82) is 0 Å². The predicted molar refractivity (Wildman–Crippen MR) is 82.3 cm³/mol. The number of thiophene rings is 1. The zero-order valence-electron chi connectivity index (χ0n) is 11.5. The third kappa shape index (κ3) is 5.58. The van der Waals surface area contributed by atoms with Crippen LogP contribution >= 0.6 is 22.0 Å². The van der Waals surface area contributed by atoms with Crippen LogP contribution in [0.1, 0.15) is 30.6 Å². The molecule has 1 aliphatic rings. The fourth-order valence-electron chi connectivity index (χ4n) is 2.21. The normalized spacial score (nSPS) is 19.4. The van der Waals surface area contributed by atoms with E-state index in [0.717, 1.165) is 37.2 Å². The summed E-state index contributed by atoms with van der Waals surface area (Å²) in [5.41, 5.74) is 0. The van der Waals surface area contributed by atoms with Crippen LogP contribution < -0.4 is 5.32 Å². The summed E-state index contributed by atoms with van der Waals surface area (Å²) in [4.78, 5) is 12.5. The fourth-order valence-corrected chi connectivity index (χ4v) is 4.33. The Labute approximate surface area is 133 Å². The number of halogens is 1. The highest BCUT2D eigenvalue weighted by Crippen LogP contribution is 2.25. The van der Waals surface area contributed by atoms with Gasteiger partial charge in [-0.25, -0.2) is 8.42 Å². The van der Waals surface area contributed by atoms with Crippen molar-refractivity contribution in [1.82, 2.24) is 5.32 Å². The number of carbonyl (C=O) groups is 1. The summed E-state index contributed by atoms with van der Waals surface area (Å²) in [6, 6.07) is 3.04. The average Bonchev–Trinajstić information content (AvgIpc) is 2.88. The minimum atomic E-state index is -3.71. The number of rotatable bonds is 6. The van der Waals surface area contributed by atoms with Gasteiger partial charge in [0.05, 0.1) is 12.5 Å². The van der Waals surface area contributed by atoms with Gasteiger partial charge in [0.15, 0.2) is 0 Å². The van der Waals surface area contributed by atoms with Crippen LogP contribution in [-0.2, 0) is 25.0 Å². The molecule has 0 spiro atoms. The minimum absolute atomic E-state index is 0.0718. The highest BCUT2D eigenvalue weighted by atomic mass is 35.7. The van der Waals surface area contributed by atoms with Gasteiger partial charge in [-0.3, -0.25) is 4.79 Å². The molecule has 1 aromatic rings. The van der Waals surface area contributed by atoms with Crippen molar-refractivity contribution in [3.63, 3.8) is 0 Å². The Morgan fingerprint density at radius 2 is 2.24 bits per heavy atom. The molecule has 2 heterocycles. The fraction of sp³-hybridized carbons (Fsp3) is 0.615. The second-order valence-electron chi connectivity index (χ2n) is 4.96. The summed E-state index contributed by atoms with van der Waals surface area (Å²) in [7, 11) is 1.54. The first-order valence-electron chi connectivity index (χ1n) is 6.87. The van der Waals surface area contributed by atoms with Crippen molar-refractivity contribution in [2.75, 3.05) is 13.2 Å². The average molecular weight is 352 g/mol. The molecule has 1 amide bonds. The van der Waals surface area contributed by atoms with E-state index in [1.165, 1.54) is 12.5 Å². The molecule has 1 N–H and O–H groups in total. The summed E-state index contributed by atoms with van der Waals surface area (Å²) in [6.07, 6.45) is 4.59. The molecule has 8 heteroatoms. The van der Waals surface area contributed by atoms with Crippen LogP contribution in [0, 0.1) is 0 Å². The molecular weight excluding hydrogens is 334 g/mol. The predicted octanol–water partition coefficient (Wildman–Crippen LogP) is 2.29. The van der Waals surface area contributed by atoms with Crippen LogP contribution in [0.5, 0.6) is 0 Å². The van der Waals surface area contributed by atoms with Gasteiger partial charge in [-0.15, -0.1) is 11.3 Å². The molecule has 1 atom stereocenters. The van der Waals surface area contributed by atoms with Crippen molar-refractivity contribution in [3.05, 3.63) is 17.0 Å². The van der Waals surface area contributed by atoms with Gasteiger partial charge in [0.25, 0.3) is 9.05 Å². The third-order valence-electron chi connectivity index (χ3n) is 3.27. The molecule has 0 bridgehead atoms. The van der Waals surface area contributed by atoms with E-state index in [0.29, 0.717) is 11.4 Å². The molecule has 0 aromatic carbocycles. The number of hydrogen-bond donors (Lipinski definition) is 1. The zero-order valence-corrected chi connectivity index (χ0v) is 13.9. The van der Waals surface area contributed by atoms with Crippen LogP contribution in [-0.4, -0.2) is 33.6 Å². The molecule has 1 unspecified atom stereocenters. The standard InChI is InChI=1S/C13H18ClNO4S2/c14-21(17,18)13-5-4-11(20-13)9-12(16)15-7-6-10-3-1-2-8-19-10/h4-5,10H,1-3,6-9H2,(H,15,16). The van der Waals surface area contributed by atoms with Crippen LogP contribution in [0.15, 0.2) is 16.3 Å². The van der Waals surface area contributed by atoms with Crippen LogP contribution in [0.2, 0.25) is 0 Å². The van der Waals surface area contributed by atoms with E-state index >= 15 is 0 Å². The van der Waals surface area contributed by atoms with Crippen molar-refractivity contribution in [2.45, 2.75) is 42.4 Å². The molecule has 2 rings (SSSR count). The van der Waals surface area contributed by atoms with Gasteiger partial charge < -0.3 is 10.1 Å². The Bertz CT molecular complexity index is 579. The van der Waals surface area contributed by atoms with Crippen molar-refractivity contribution < 1.29 is 17.9 Å². The number of amides is 1. The molecule has 21 heavy (non-hydrogen) atoms. The second kappa shape index (κ2) is 7.58. The van der Waals surface area contributed by atoms with Crippen LogP contribution in [0.3, 0.4) is 0 Å². The zero-order chi connectivity index (χ0) is 15.3. The van der Waals surface area contributed by atoms with Crippen molar-refractivity contribution in [3.8, 4) is 0 Å². The van der Waals surface area contributed by atoms with Gasteiger partial charge in [0, 0.05) is 28.7 Å². The molecule has 1 fully saturated rings. The lowest BCUT2D eigenvalue weighted by molar-refractivity contribution is -0.120. The monoisotopic (exact) mass is 351 g/mol. The third-order valence-corrected chi connectivity index (χ3v) is 6.45. The van der Waals surface area contributed by atoms with Gasteiger partial charge >= 0.3 is 0 Å². The topological polar surface area (TPSA) is 72.5 Å². The molecule has 0 saturated carbocycles. The van der Waals surface area contributed by atoms with E-state index in [1.807, 2.05) is 0 Å². The molecule has 5 nitrogen and oxygen atoms in total. The number of carbonyl (C=O) groups excluding carboxylic acids is 1. The Kier molecular flexibility index (Phi) is 6.04. The summed E-state index contributed by atoms with van der Waals surface area (Å²) in [5.74, 6) is -0.119. The quantitative estimate of drug-likeness (QED) is 0.798. The first-order valence-corrected chi connectivity index (χ1v) is 9.99. The summed E-state index contributed by atoms with van der Waals surface area (Å²) in [5, 5.41) is 2.83. The van der Waals surface area contributed by atoms with Crippen LogP contribution in [0.4, 0.5) is 0 Å². The van der Waals surface area contributed by atoms with Gasteiger partial charge in [0.1, 0.15) is 4.21 Å². The summed E-state index contributed by atoms with van der Waals surface area (Å²) < 4.78 is 27.9. The Morgan fingerprint density at radius 1 is 1.43 bits per heavy atom. The van der Waals surface area contributed by atoms with Gasteiger partial charge in [-0.1, -0.05) is 0 Å². The smallest absolute Gasteiger partial charge is 0.270 e. The maximum absolute atomic E-state index is 11.8. The van der Waals surface area contributed by atoms with Gasteiger partial charge in [0.2, 0.25) is 5.91 Å². The number of nitrogens with one attached hydrogen (secondary N) is 1. The van der Waals surface area contributed by atoms with E-state index < -0.39 is 9.05 Å². The molecule has 1 saturated heterocycles. The van der Waals surface area contributed by atoms with E-state index in [4.69, 9.17) is 15.4 Å². The maximum Gasteiger partial charge on any atom is 0.270 e. The SMILES string of the molecule is O=C(Cc1ccc(S(=O)(=O)Cl)s1)NCCC1CCCCO1. The molecular formula is C13H18ClNO4S2.